The molecule has 0 fully saturated rings. The van der Waals surface area contributed by atoms with Crippen molar-refractivity contribution in [3.8, 4) is 11.5 Å². The van der Waals surface area contributed by atoms with Gasteiger partial charge in [0.15, 0.2) is 0 Å². The van der Waals surface area contributed by atoms with E-state index in [9.17, 15) is 12.8 Å². The number of nitrogens with zero attached hydrogens (tertiary/aromatic N) is 1. The molecule has 0 unspecified atom stereocenters. The first-order valence-electron chi connectivity index (χ1n) is 7.32. The molecular weight excluding hydrogens is 429 g/mol. The fraction of sp³-hybridized carbons (Fsp3) is 0.118. The first-order valence-corrected chi connectivity index (χ1v) is 10.6. The predicted octanol–water partition coefficient (Wildman–Crippen LogP) is 5.19. The van der Waals surface area contributed by atoms with Gasteiger partial charge in [0.25, 0.3) is 0 Å². The minimum absolute atomic E-state index is 0.124. The Labute approximate surface area is 157 Å². The first-order chi connectivity index (χ1) is 11.9. The van der Waals surface area contributed by atoms with Crippen molar-refractivity contribution < 1.29 is 17.2 Å². The van der Waals surface area contributed by atoms with Crippen LogP contribution in [0.15, 0.2) is 72.4 Å². The van der Waals surface area contributed by atoms with Crippen LogP contribution in [0.3, 0.4) is 0 Å². The standard InChI is InChI=1S/C17H13BrFNO3S2/c1-2-24-17-16(25(21,22)14-9-5-12(18)6-10-14)20-15(23-17)11-3-7-13(19)8-4-11/h3-10H,2H2,1H3. The van der Waals surface area contributed by atoms with E-state index in [4.69, 9.17) is 4.42 Å². The predicted molar refractivity (Wildman–Crippen MR) is 97.9 cm³/mol. The second-order valence-corrected chi connectivity index (χ2v) is 9.03. The van der Waals surface area contributed by atoms with E-state index in [1.807, 2.05) is 6.92 Å². The van der Waals surface area contributed by atoms with Gasteiger partial charge in [-0.05, 0) is 54.3 Å². The average Bonchev–Trinajstić information content (AvgIpc) is 3.01. The Balaban J connectivity index is 2.11. The van der Waals surface area contributed by atoms with E-state index in [1.165, 1.54) is 48.2 Å². The third kappa shape index (κ3) is 3.80. The van der Waals surface area contributed by atoms with Gasteiger partial charge < -0.3 is 4.42 Å². The van der Waals surface area contributed by atoms with Crippen molar-refractivity contribution in [2.24, 2.45) is 0 Å². The van der Waals surface area contributed by atoms with Gasteiger partial charge in [-0.1, -0.05) is 34.6 Å². The molecule has 1 heterocycles. The topological polar surface area (TPSA) is 60.2 Å². The second-order valence-electron chi connectivity index (χ2n) is 5.01. The molecule has 0 atom stereocenters. The molecule has 0 aliphatic rings. The maximum atomic E-state index is 13.1. The number of thioether (sulfide) groups is 1. The summed E-state index contributed by atoms with van der Waals surface area (Å²) in [6.45, 7) is 1.89. The molecule has 2 aromatic carbocycles. The van der Waals surface area contributed by atoms with Gasteiger partial charge in [-0.3, -0.25) is 0 Å². The Morgan fingerprint density at radius 1 is 1.12 bits per heavy atom. The molecule has 0 spiro atoms. The zero-order chi connectivity index (χ0) is 18.0. The van der Waals surface area contributed by atoms with Crippen molar-refractivity contribution in [3.05, 3.63) is 58.8 Å². The zero-order valence-corrected chi connectivity index (χ0v) is 16.3. The Bertz CT molecular complexity index is 984. The Morgan fingerprint density at radius 2 is 1.76 bits per heavy atom. The van der Waals surface area contributed by atoms with E-state index >= 15 is 0 Å². The van der Waals surface area contributed by atoms with E-state index in [0.29, 0.717) is 11.3 Å². The summed E-state index contributed by atoms with van der Waals surface area (Å²) in [6.07, 6.45) is 0. The summed E-state index contributed by atoms with van der Waals surface area (Å²) in [6, 6.07) is 11.9. The molecule has 3 aromatic rings. The highest BCUT2D eigenvalue weighted by molar-refractivity contribution is 9.10. The Morgan fingerprint density at radius 3 is 2.36 bits per heavy atom. The van der Waals surface area contributed by atoms with Gasteiger partial charge in [-0.2, -0.15) is 4.98 Å². The third-order valence-corrected chi connectivity index (χ3v) is 6.48. The molecule has 0 radical (unpaired) electrons. The molecule has 3 rings (SSSR count). The van der Waals surface area contributed by atoms with E-state index in [1.54, 1.807) is 12.1 Å². The number of rotatable bonds is 5. The molecule has 8 heteroatoms. The molecule has 130 valence electrons. The molecule has 0 aliphatic heterocycles. The normalized spacial score (nSPS) is 11.6. The fourth-order valence-corrected chi connectivity index (χ4v) is 4.65. The van der Waals surface area contributed by atoms with Gasteiger partial charge in [-0.15, -0.1) is 0 Å². The van der Waals surface area contributed by atoms with Gasteiger partial charge in [0.05, 0.1) is 4.90 Å². The van der Waals surface area contributed by atoms with Crippen molar-refractivity contribution in [3.63, 3.8) is 0 Å². The summed E-state index contributed by atoms with van der Waals surface area (Å²) >= 11 is 4.54. The highest BCUT2D eigenvalue weighted by Gasteiger charge is 2.28. The number of halogens is 2. The first kappa shape index (κ1) is 18.2. The van der Waals surface area contributed by atoms with Crippen molar-refractivity contribution >= 4 is 37.5 Å². The van der Waals surface area contributed by atoms with E-state index in [2.05, 4.69) is 20.9 Å². The molecule has 0 amide bonds. The van der Waals surface area contributed by atoms with Crippen LogP contribution in [0.4, 0.5) is 4.39 Å². The lowest BCUT2D eigenvalue weighted by Crippen LogP contribution is -2.03. The van der Waals surface area contributed by atoms with Crippen LogP contribution in [0, 0.1) is 5.82 Å². The summed E-state index contributed by atoms with van der Waals surface area (Å²) in [5.41, 5.74) is 0.511. The third-order valence-electron chi connectivity index (χ3n) is 3.31. The lowest BCUT2D eigenvalue weighted by molar-refractivity contribution is 0.470. The lowest BCUT2D eigenvalue weighted by Gasteiger charge is -2.02. The fourth-order valence-electron chi connectivity index (χ4n) is 2.13. The lowest BCUT2D eigenvalue weighted by atomic mass is 10.2. The zero-order valence-electron chi connectivity index (χ0n) is 13.1. The average molecular weight is 442 g/mol. The van der Waals surface area contributed by atoms with Gasteiger partial charge in [0.1, 0.15) is 5.82 Å². The molecule has 0 saturated heterocycles. The summed E-state index contributed by atoms with van der Waals surface area (Å²) in [7, 11) is -3.82. The van der Waals surface area contributed by atoms with Crippen LogP contribution >= 0.6 is 27.7 Å². The number of hydrogen-bond acceptors (Lipinski definition) is 5. The molecule has 25 heavy (non-hydrogen) atoms. The van der Waals surface area contributed by atoms with Crippen LogP contribution in [0.1, 0.15) is 6.92 Å². The maximum Gasteiger partial charge on any atom is 0.228 e. The van der Waals surface area contributed by atoms with E-state index < -0.39 is 9.84 Å². The van der Waals surface area contributed by atoms with E-state index in [-0.39, 0.29) is 26.7 Å². The van der Waals surface area contributed by atoms with Gasteiger partial charge in [-0.25, -0.2) is 12.8 Å². The minimum Gasteiger partial charge on any atom is -0.428 e. The van der Waals surface area contributed by atoms with Crippen molar-refractivity contribution in [2.45, 2.75) is 21.9 Å². The summed E-state index contributed by atoms with van der Waals surface area (Å²) in [5, 5.41) is 0.103. The smallest absolute Gasteiger partial charge is 0.228 e. The number of hydrogen-bond donors (Lipinski definition) is 0. The number of aromatic nitrogens is 1. The largest absolute Gasteiger partial charge is 0.428 e. The Hall–Kier alpha value is -1.64. The molecule has 0 bridgehead atoms. The SMILES string of the molecule is CCSc1oc(-c2ccc(F)cc2)nc1S(=O)(=O)c1ccc(Br)cc1. The second kappa shape index (κ2) is 7.31. The quantitative estimate of drug-likeness (QED) is 0.509. The van der Waals surface area contributed by atoms with Crippen molar-refractivity contribution in [1.82, 2.24) is 4.98 Å². The monoisotopic (exact) mass is 441 g/mol. The van der Waals surface area contributed by atoms with E-state index in [0.717, 1.165) is 4.47 Å². The number of oxazole rings is 1. The summed E-state index contributed by atoms with van der Waals surface area (Å²) in [5.74, 6) is 0.383. The van der Waals surface area contributed by atoms with Gasteiger partial charge >= 0.3 is 0 Å². The summed E-state index contributed by atoms with van der Waals surface area (Å²) in [4.78, 5) is 4.32. The molecular formula is C17H13BrFNO3S2. The molecule has 0 aliphatic carbocycles. The molecule has 0 saturated carbocycles. The van der Waals surface area contributed by atoms with Crippen LogP contribution < -0.4 is 0 Å². The van der Waals surface area contributed by atoms with Crippen LogP contribution in [0.2, 0.25) is 0 Å². The Kier molecular flexibility index (Phi) is 5.31. The van der Waals surface area contributed by atoms with Crippen LogP contribution in [0.5, 0.6) is 0 Å². The van der Waals surface area contributed by atoms with Gasteiger partial charge in [0, 0.05) is 10.0 Å². The molecule has 4 nitrogen and oxygen atoms in total. The van der Waals surface area contributed by atoms with Crippen LogP contribution in [-0.4, -0.2) is 19.2 Å². The van der Waals surface area contributed by atoms with Crippen LogP contribution in [0.25, 0.3) is 11.5 Å². The molecule has 1 aromatic heterocycles. The van der Waals surface area contributed by atoms with Crippen molar-refractivity contribution in [1.29, 1.82) is 0 Å². The van der Waals surface area contributed by atoms with Crippen LogP contribution in [-0.2, 0) is 9.84 Å². The molecule has 0 N–H and O–H groups in total. The number of sulfone groups is 1. The number of benzene rings is 2. The van der Waals surface area contributed by atoms with Gasteiger partial charge in [0.2, 0.25) is 25.8 Å². The van der Waals surface area contributed by atoms with Crippen molar-refractivity contribution in [2.75, 3.05) is 5.75 Å². The highest BCUT2D eigenvalue weighted by Crippen LogP contribution is 2.35. The minimum atomic E-state index is -3.82. The maximum absolute atomic E-state index is 13.1. The summed E-state index contributed by atoms with van der Waals surface area (Å²) < 4.78 is 45.4. The highest BCUT2D eigenvalue weighted by atomic mass is 79.9.